The Labute approximate surface area is 95.4 Å². The van der Waals surface area contributed by atoms with Gasteiger partial charge in [-0.05, 0) is 44.4 Å². The number of rotatable bonds is 3. The van der Waals surface area contributed by atoms with Crippen LogP contribution in [0.3, 0.4) is 0 Å². The van der Waals surface area contributed by atoms with Gasteiger partial charge in [-0.3, -0.25) is 9.59 Å². The summed E-state index contributed by atoms with van der Waals surface area (Å²) >= 11 is 0. The van der Waals surface area contributed by atoms with Crippen LogP contribution in [0.15, 0.2) is 0 Å². The van der Waals surface area contributed by atoms with Crippen LogP contribution in [0.1, 0.15) is 32.6 Å². The fraction of sp³-hybridized carbons (Fsp3) is 0.833. The number of carbonyl (C=O) groups is 2. The molecular formula is C12H18N2O2. The molecule has 0 spiro atoms. The molecule has 4 heteroatoms. The molecule has 2 aliphatic carbocycles. The van der Waals surface area contributed by atoms with Gasteiger partial charge >= 0.3 is 0 Å². The van der Waals surface area contributed by atoms with E-state index in [0.29, 0.717) is 11.8 Å². The first kappa shape index (κ1) is 10.1. The number of hydrogen-bond donors (Lipinski definition) is 1. The molecule has 2 unspecified atom stereocenters. The fourth-order valence-electron chi connectivity index (χ4n) is 2.62. The number of hydrogen-bond acceptors (Lipinski definition) is 2. The summed E-state index contributed by atoms with van der Waals surface area (Å²) in [5, 5.41) is 2.84. The largest absolute Gasteiger partial charge is 0.342 e. The van der Waals surface area contributed by atoms with Crippen LogP contribution in [0, 0.1) is 11.8 Å². The topological polar surface area (TPSA) is 49.4 Å². The lowest BCUT2D eigenvalue weighted by molar-refractivity contribution is -0.147. The van der Waals surface area contributed by atoms with Crippen LogP contribution in [0.5, 0.6) is 0 Å². The molecular weight excluding hydrogens is 204 g/mol. The van der Waals surface area contributed by atoms with E-state index in [4.69, 9.17) is 0 Å². The fourth-order valence-corrected chi connectivity index (χ4v) is 2.62. The Balaban J connectivity index is 1.75. The van der Waals surface area contributed by atoms with Crippen molar-refractivity contribution in [3.63, 3.8) is 0 Å². The zero-order chi connectivity index (χ0) is 11.3. The minimum atomic E-state index is -0.220. The van der Waals surface area contributed by atoms with Crippen LogP contribution in [0.25, 0.3) is 0 Å². The maximum atomic E-state index is 12.2. The zero-order valence-corrected chi connectivity index (χ0v) is 9.61. The molecule has 16 heavy (non-hydrogen) atoms. The third-order valence-corrected chi connectivity index (χ3v) is 4.07. The predicted octanol–water partition coefficient (Wildman–Crippen LogP) is 0.522. The summed E-state index contributed by atoms with van der Waals surface area (Å²) in [6, 6.07) is 0.0299. The second-order valence-corrected chi connectivity index (χ2v) is 5.43. The van der Waals surface area contributed by atoms with Crippen LogP contribution in [0.2, 0.25) is 0 Å². The molecule has 1 aliphatic heterocycles. The van der Waals surface area contributed by atoms with E-state index < -0.39 is 0 Å². The highest BCUT2D eigenvalue weighted by Gasteiger charge is 2.45. The average Bonchev–Trinajstić information content (AvgIpc) is 3.12. The van der Waals surface area contributed by atoms with Gasteiger partial charge in [-0.15, -0.1) is 0 Å². The summed E-state index contributed by atoms with van der Waals surface area (Å²) in [6.07, 6.45) is 4.59. The molecule has 3 fully saturated rings. The van der Waals surface area contributed by atoms with Crippen molar-refractivity contribution < 1.29 is 9.59 Å². The molecule has 3 rings (SSSR count). The maximum absolute atomic E-state index is 12.2. The van der Waals surface area contributed by atoms with Crippen molar-refractivity contribution in [2.24, 2.45) is 11.8 Å². The molecule has 1 N–H and O–H groups in total. The van der Waals surface area contributed by atoms with E-state index in [1.807, 2.05) is 0 Å². The van der Waals surface area contributed by atoms with Crippen molar-refractivity contribution in [1.29, 1.82) is 0 Å². The summed E-state index contributed by atoms with van der Waals surface area (Å²) in [7, 11) is 0. The van der Waals surface area contributed by atoms with Gasteiger partial charge in [0.1, 0.15) is 6.04 Å². The van der Waals surface area contributed by atoms with Crippen molar-refractivity contribution in [3.05, 3.63) is 0 Å². The smallest absolute Gasteiger partial charge is 0.246 e. The Hall–Kier alpha value is -1.06. The zero-order valence-electron chi connectivity index (χ0n) is 9.61. The van der Waals surface area contributed by atoms with Crippen molar-refractivity contribution in [3.8, 4) is 0 Å². The number of carbonyl (C=O) groups excluding carboxylic acids is 2. The standard InChI is InChI=1S/C12H18N2O2/c1-7(8-2-3-8)14-6-10(15)13-11(12(14)16)9-4-5-9/h7-9,11H,2-6H2,1H3,(H,13,15). The van der Waals surface area contributed by atoms with Gasteiger partial charge in [-0.1, -0.05) is 0 Å². The van der Waals surface area contributed by atoms with Gasteiger partial charge in [0.05, 0.1) is 6.54 Å². The van der Waals surface area contributed by atoms with E-state index in [0.717, 1.165) is 12.8 Å². The lowest BCUT2D eigenvalue weighted by Crippen LogP contribution is -2.61. The van der Waals surface area contributed by atoms with Crippen molar-refractivity contribution >= 4 is 11.8 Å². The van der Waals surface area contributed by atoms with Crippen molar-refractivity contribution in [2.45, 2.75) is 44.7 Å². The lowest BCUT2D eigenvalue weighted by Gasteiger charge is -2.36. The Kier molecular flexibility index (Phi) is 2.19. The molecule has 0 radical (unpaired) electrons. The van der Waals surface area contributed by atoms with E-state index in [-0.39, 0.29) is 30.4 Å². The minimum absolute atomic E-state index is 0.0176. The molecule has 2 amide bonds. The summed E-state index contributed by atoms with van der Waals surface area (Å²) < 4.78 is 0. The van der Waals surface area contributed by atoms with Gasteiger partial charge in [-0.25, -0.2) is 0 Å². The molecule has 0 bridgehead atoms. The number of piperazine rings is 1. The normalized spacial score (nSPS) is 32.6. The number of amides is 2. The Bertz CT molecular complexity index is 334. The molecule has 1 heterocycles. The Morgan fingerprint density at radius 3 is 2.50 bits per heavy atom. The van der Waals surface area contributed by atoms with Crippen molar-refractivity contribution in [2.75, 3.05) is 6.54 Å². The van der Waals surface area contributed by atoms with Crippen LogP contribution < -0.4 is 5.32 Å². The molecule has 1 saturated heterocycles. The van der Waals surface area contributed by atoms with Gasteiger partial charge in [0.15, 0.2) is 0 Å². The molecule has 0 aromatic heterocycles. The second kappa shape index (κ2) is 3.47. The highest BCUT2D eigenvalue weighted by atomic mass is 16.2. The van der Waals surface area contributed by atoms with Gasteiger partial charge in [0.2, 0.25) is 11.8 Å². The number of nitrogens with one attached hydrogen (secondary N) is 1. The predicted molar refractivity (Wildman–Crippen MR) is 58.6 cm³/mol. The molecule has 3 aliphatic rings. The first-order chi connectivity index (χ1) is 7.66. The number of nitrogens with zero attached hydrogens (tertiary/aromatic N) is 1. The van der Waals surface area contributed by atoms with Crippen LogP contribution in [0.4, 0.5) is 0 Å². The lowest BCUT2D eigenvalue weighted by atomic mass is 10.0. The second-order valence-electron chi connectivity index (χ2n) is 5.43. The van der Waals surface area contributed by atoms with E-state index in [2.05, 4.69) is 12.2 Å². The quantitative estimate of drug-likeness (QED) is 0.757. The molecule has 2 atom stereocenters. The van der Waals surface area contributed by atoms with Gasteiger partial charge < -0.3 is 10.2 Å². The third-order valence-electron chi connectivity index (χ3n) is 4.07. The summed E-state index contributed by atoms with van der Waals surface area (Å²) in [5.41, 5.74) is 0. The van der Waals surface area contributed by atoms with Crippen LogP contribution in [-0.2, 0) is 9.59 Å². The minimum Gasteiger partial charge on any atom is -0.342 e. The SMILES string of the molecule is CC(C1CC1)N1CC(=O)NC(C2CC2)C1=O. The average molecular weight is 222 g/mol. The third kappa shape index (κ3) is 1.70. The maximum Gasteiger partial charge on any atom is 0.246 e. The van der Waals surface area contributed by atoms with Gasteiger partial charge in [-0.2, -0.15) is 0 Å². The van der Waals surface area contributed by atoms with Gasteiger partial charge in [0.25, 0.3) is 0 Å². The van der Waals surface area contributed by atoms with Crippen molar-refractivity contribution in [1.82, 2.24) is 10.2 Å². The van der Waals surface area contributed by atoms with E-state index in [1.54, 1.807) is 4.90 Å². The first-order valence-electron chi connectivity index (χ1n) is 6.26. The van der Waals surface area contributed by atoms with Crippen LogP contribution >= 0.6 is 0 Å². The highest BCUT2D eigenvalue weighted by molar-refractivity contribution is 5.95. The Morgan fingerprint density at radius 1 is 1.25 bits per heavy atom. The molecule has 0 aromatic carbocycles. The van der Waals surface area contributed by atoms with E-state index in [1.165, 1.54) is 12.8 Å². The highest BCUT2D eigenvalue weighted by Crippen LogP contribution is 2.38. The monoisotopic (exact) mass is 222 g/mol. The molecule has 4 nitrogen and oxygen atoms in total. The van der Waals surface area contributed by atoms with Crippen LogP contribution in [-0.4, -0.2) is 35.3 Å². The van der Waals surface area contributed by atoms with E-state index >= 15 is 0 Å². The Morgan fingerprint density at radius 2 is 1.94 bits per heavy atom. The summed E-state index contributed by atoms with van der Waals surface area (Å²) in [5.74, 6) is 1.21. The summed E-state index contributed by atoms with van der Waals surface area (Å²) in [6.45, 7) is 2.35. The van der Waals surface area contributed by atoms with E-state index in [9.17, 15) is 9.59 Å². The van der Waals surface area contributed by atoms with Gasteiger partial charge in [0, 0.05) is 6.04 Å². The first-order valence-corrected chi connectivity index (χ1v) is 6.26. The summed E-state index contributed by atoms with van der Waals surface area (Å²) in [4.78, 5) is 25.6. The molecule has 0 aromatic rings. The molecule has 2 saturated carbocycles. The molecule has 88 valence electrons.